The molecule has 2 saturated heterocycles. The van der Waals surface area contributed by atoms with Gasteiger partial charge in [-0.05, 0) is 25.0 Å². The van der Waals surface area contributed by atoms with Gasteiger partial charge in [-0.15, -0.1) is 0 Å². The summed E-state index contributed by atoms with van der Waals surface area (Å²) in [5.41, 5.74) is 0.387. The minimum absolute atomic E-state index is 0.142. The average Bonchev–Trinajstić information content (AvgIpc) is 3.04. The van der Waals surface area contributed by atoms with Crippen LogP contribution in [0.15, 0.2) is 12.1 Å². The van der Waals surface area contributed by atoms with E-state index in [1.165, 1.54) is 26.2 Å². The first-order valence-corrected chi connectivity index (χ1v) is 9.57. The van der Waals surface area contributed by atoms with Gasteiger partial charge in [0.05, 0.1) is 32.6 Å². The molecule has 2 heterocycles. The maximum absolute atomic E-state index is 13.0. The molecule has 8 nitrogen and oxygen atoms in total. The average molecular weight is 394 g/mol. The van der Waals surface area contributed by atoms with Crippen LogP contribution < -0.4 is 14.2 Å². The Labute approximate surface area is 161 Å². The molecule has 9 heteroatoms. The van der Waals surface area contributed by atoms with Crippen LogP contribution >= 0.6 is 11.8 Å². The normalized spacial score (nSPS) is 18.0. The Morgan fingerprint density at radius 2 is 1.70 bits per heavy atom. The fourth-order valence-corrected chi connectivity index (χ4v) is 4.26. The molecule has 0 aromatic heterocycles. The number of carbonyl (C=O) groups excluding carboxylic acids is 3. The summed E-state index contributed by atoms with van der Waals surface area (Å²) in [5.74, 6) is 1.06. The summed E-state index contributed by atoms with van der Waals surface area (Å²) < 4.78 is 16.0. The fourth-order valence-electron chi connectivity index (χ4n) is 3.48. The summed E-state index contributed by atoms with van der Waals surface area (Å²) in [6.45, 7) is 0.922. The van der Waals surface area contributed by atoms with Gasteiger partial charge in [0.2, 0.25) is 11.7 Å². The summed E-state index contributed by atoms with van der Waals surface area (Å²) in [5, 5.41) is -0.189. The number of nitrogens with zero attached hydrogens (tertiary/aromatic N) is 2. The number of hydrogen-bond donors (Lipinski definition) is 0. The van der Waals surface area contributed by atoms with E-state index in [1.54, 1.807) is 17.0 Å². The van der Waals surface area contributed by atoms with Gasteiger partial charge in [-0.25, -0.2) is 0 Å². The standard InChI is InChI=1S/C18H22N2O6S/c1-24-13-5-4-12(15(25-2)16(13)26-3)17(22)19-8-6-11(7-9-19)20-14(21)10-27-18(20)23/h4-5,11H,6-10H2,1-3H3. The number of benzene rings is 1. The van der Waals surface area contributed by atoms with Crippen molar-refractivity contribution in [3.63, 3.8) is 0 Å². The van der Waals surface area contributed by atoms with E-state index in [0.29, 0.717) is 48.7 Å². The van der Waals surface area contributed by atoms with Crippen LogP contribution in [0.5, 0.6) is 17.2 Å². The number of methoxy groups -OCH3 is 3. The van der Waals surface area contributed by atoms with Crippen molar-refractivity contribution in [3.8, 4) is 17.2 Å². The van der Waals surface area contributed by atoms with Gasteiger partial charge in [0.25, 0.3) is 11.1 Å². The molecule has 0 bridgehead atoms. The molecule has 3 rings (SSSR count). The maximum Gasteiger partial charge on any atom is 0.289 e. The van der Waals surface area contributed by atoms with Gasteiger partial charge in [-0.3, -0.25) is 19.3 Å². The number of likely N-dealkylation sites (tertiary alicyclic amines) is 1. The molecular formula is C18H22N2O6S. The van der Waals surface area contributed by atoms with E-state index < -0.39 is 0 Å². The Kier molecular flexibility index (Phi) is 5.79. The summed E-state index contributed by atoms with van der Waals surface area (Å²) in [4.78, 5) is 39.8. The molecule has 0 spiro atoms. The first-order valence-electron chi connectivity index (χ1n) is 8.58. The molecule has 2 aliphatic rings. The molecule has 0 aliphatic carbocycles. The van der Waals surface area contributed by atoms with Crippen molar-refractivity contribution in [2.75, 3.05) is 40.2 Å². The van der Waals surface area contributed by atoms with Crippen molar-refractivity contribution < 1.29 is 28.6 Å². The Morgan fingerprint density at radius 1 is 1.04 bits per heavy atom. The van der Waals surface area contributed by atoms with Crippen LogP contribution in [-0.2, 0) is 4.79 Å². The summed E-state index contributed by atoms with van der Waals surface area (Å²) >= 11 is 1.04. The van der Waals surface area contributed by atoms with Crippen molar-refractivity contribution in [3.05, 3.63) is 17.7 Å². The molecule has 1 aromatic rings. The molecule has 3 amide bonds. The van der Waals surface area contributed by atoms with Crippen LogP contribution in [0.3, 0.4) is 0 Å². The van der Waals surface area contributed by atoms with E-state index in [1.807, 2.05) is 0 Å². The van der Waals surface area contributed by atoms with Crippen LogP contribution in [-0.4, -0.2) is 73.1 Å². The van der Waals surface area contributed by atoms with Crippen LogP contribution in [0, 0.1) is 0 Å². The predicted molar refractivity (Wildman–Crippen MR) is 99.7 cm³/mol. The highest BCUT2D eigenvalue weighted by molar-refractivity contribution is 8.14. The highest BCUT2D eigenvalue weighted by atomic mass is 32.2. The lowest BCUT2D eigenvalue weighted by atomic mass is 10.0. The second-order valence-electron chi connectivity index (χ2n) is 6.22. The van der Waals surface area contributed by atoms with Crippen molar-refractivity contribution in [2.45, 2.75) is 18.9 Å². The van der Waals surface area contributed by atoms with E-state index in [4.69, 9.17) is 14.2 Å². The van der Waals surface area contributed by atoms with Gasteiger partial charge < -0.3 is 19.1 Å². The minimum atomic E-state index is -0.189. The SMILES string of the molecule is COc1ccc(C(=O)N2CCC(N3C(=O)CSC3=O)CC2)c(OC)c1OC. The van der Waals surface area contributed by atoms with Crippen molar-refractivity contribution in [1.29, 1.82) is 0 Å². The van der Waals surface area contributed by atoms with Crippen molar-refractivity contribution in [1.82, 2.24) is 9.80 Å². The van der Waals surface area contributed by atoms with Gasteiger partial charge in [0.15, 0.2) is 11.5 Å². The van der Waals surface area contributed by atoms with E-state index >= 15 is 0 Å². The lowest BCUT2D eigenvalue weighted by molar-refractivity contribution is -0.126. The number of ether oxygens (including phenoxy) is 3. The lowest BCUT2D eigenvalue weighted by Crippen LogP contribution is -2.48. The minimum Gasteiger partial charge on any atom is -0.493 e. The second-order valence-corrected chi connectivity index (χ2v) is 7.15. The molecule has 2 fully saturated rings. The summed E-state index contributed by atoms with van der Waals surface area (Å²) in [6.07, 6.45) is 1.14. The predicted octanol–water partition coefficient (Wildman–Crippen LogP) is 2.01. The molecule has 0 atom stereocenters. The molecule has 27 heavy (non-hydrogen) atoms. The van der Waals surface area contributed by atoms with Gasteiger partial charge in [0, 0.05) is 19.1 Å². The number of amides is 3. The molecular weight excluding hydrogens is 372 g/mol. The van der Waals surface area contributed by atoms with Crippen molar-refractivity contribution >= 4 is 28.8 Å². The number of carbonyl (C=O) groups is 3. The number of imide groups is 1. The topological polar surface area (TPSA) is 85.4 Å². The third kappa shape index (κ3) is 3.55. The van der Waals surface area contributed by atoms with E-state index in [-0.39, 0.29) is 28.8 Å². The Balaban J connectivity index is 1.74. The Bertz CT molecular complexity index is 744. The zero-order chi connectivity index (χ0) is 19.6. The number of rotatable bonds is 5. The molecule has 1 aromatic carbocycles. The monoisotopic (exact) mass is 394 g/mol. The summed E-state index contributed by atoms with van der Waals surface area (Å²) in [6, 6.07) is 3.18. The van der Waals surface area contributed by atoms with Gasteiger partial charge >= 0.3 is 0 Å². The number of thioether (sulfide) groups is 1. The van der Waals surface area contributed by atoms with Gasteiger partial charge in [-0.1, -0.05) is 11.8 Å². The van der Waals surface area contributed by atoms with Gasteiger partial charge in [0.1, 0.15) is 0 Å². The quantitative estimate of drug-likeness (QED) is 0.755. The molecule has 0 unspecified atom stereocenters. The third-order valence-corrected chi connectivity index (χ3v) is 5.67. The summed E-state index contributed by atoms with van der Waals surface area (Å²) in [7, 11) is 4.48. The number of hydrogen-bond acceptors (Lipinski definition) is 7. The van der Waals surface area contributed by atoms with Crippen LogP contribution in [0.1, 0.15) is 23.2 Å². The first kappa shape index (κ1) is 19.3. The Morgan fingerprint density at radius 3 is 2.22 bits per heavy atom. The molecule has 0 saturated carbocycles. The molecule has 0 radical (unpaired) electrons. The van der Waals surface area contributed by atoms with E-state index in [2.05, 4.69) is 0 Å². The van der Waals surface area contributed by atoms with Crippen molar-refractivity contribution in [2.24, 2.45) is 0 Å². The fraction of sp³-hybridized carbons (Fsp3) is 0.500. The first-order chi connectivity index (χ1) is 13.0. The van der Waals surface area contributed by atoms with E-state index in [0.717, 1.165) is 11.8 Å². The van der Waals surface area contributed by atoms with Crippen LogP contribution in [0.25, 0.3) is 0 Å². The Hall–Kier alpha value is -2.42. The van der Waals surface area contributed by atoms with E-state index in [9.17, 15) is 14.4 Å². The zero-order valence-electron chi connectivity index (χ0n) is 15.5. The molecule has 146 valence electrons. The highest BCUT2D eigenvalue weighted by Gasteiger charge is 2.38. The lowest BCUT2D eigenvalue weighted by Gasteiger charge is -2.35. The highest BCUT2D eigenvalue weighted by Crippen LogP contribution is 2.40. The smallest absolute Gasteiger partial charge is 0.289 e. The molecule has 0 N–H and O–H groups in total. The van der Waals surface area contributed by atoms with Crippen LogP contribution in [0.2, 0.25) is 0 Å². The largest absolute Gasteiger partial charge is 0.493 e. The third-order valence-electron chi connectivity index (χ3n) is 4.84. The maximum atomic E-state index is 13.0. The second kappa shape index (κ2) is 8.08. The van der Waals surface area contributed by atoms with Gasteiger partial charge in [-0.2, -0.15) is 0 Å². The molecule has 2 aliphatic heterocycles. The number of piperidine rings is 1. The zero-order valence-corrected chi connectivity index (χ0v) is 16.3. The van der Waals surface area contributed by atoms with Crippen LogP contribution in [0.4, 0.5) is 4.79 Å².